The zero-order chi connectivity index (χ0) is 21.0. The van der Waals surface area contributed by atoms with Crippen LogP contribution in [-0.4, -0.2) is 5.91 Å². The molecule has 0 fully saturated rings. The van der Waals surface area contributed by atoms with Gasteiger partial charge in [0.15, 0.2) is 0 Å². The van der Waals surface area contributed by atoms with E-state index in [9.17, 15) is 4.79 Å². The highest BCUT2D eigenvalue weighted by molar-refractivity contribution is 7.99. The number of thioether (sulfide) groups is 1. The summed E-state index contributed by atoms with van der Waals surface area (Å²) in [7, 11) is 0. The summed E-state index contributed by atoms with van der Waals surface area (Å²) in [6, 6.07) is 23.2. The molecule has 3 heteroatoms. The second-order valence-corrected chi connectivity index (χ2v) is 9.32. The van der Waals surface area contributed by atoms with Gasteiger partial charge in [0.1, 0.15) is 0 Å². The fourth-order valence-corrected chi connectivity index (χ4v) is 4.75. The van der Waals surface area contributed by atoms with Crippen LogP contribution in [0, 0.1) is 19.8 Å². The van der Waals surface area contributed by atoms with E-state index in [4.69, 9.17) is 5.73 Å². The van der Waals surface area contributed by atoms with Gasteiger partial charge in [-0.2, -0.15) is 0 Å². The molecule has 3 aromatic rings. The first-order valence-electron chi connectivity index (χ1n) is 10.1. The molecule has 2 nitrogen and oxygen atoms in total. The average molecular weight is 404 g/mol. The minimum Gasteiger partial charge on any atom is -0.366 e. The number of amides is 1. The first-order valence-corrected chi connectivity index (χ1v) is 11.0. The number of carbonyl (C=O) groups is 1. The van der Waals surface area contributed by atoms with Crippen LogP contribution in [-0.2, 0) is 0 Å². The van der Waals surface area contributed by atoms with Crippen LogP contribution in [0.3, 0.4) is 0 Å². The molecule has 0 aromatic heterocycles. The standard InChI is InChI=1S/C26H29NOS/c1-17(2)15-25(21-7-9-22(10-8-21)26(27)28)29-24-13-11-20(12-14-24)23-6-5-18(3)19(4)16-23/h5-14,16-17,25H,15H2,1-4H3,(H2,27,28). The molecule has 0 saturated carbocycles. The van der Waals surface area contributed by atoms with Gasteiger partial charge in [-0.05, 0) is 78.3 Å². The molecule has 0 spiro atoms. The molecule has 1 atom stereocenters. The first kappa shape index (κ1) is 21.2. The Kier molecular flexibility index (Phi) is 6.81. The number of primary amides is 1. The Balaban J connectivity index is 1.80. The highest BCUT2D eigenvalue weighted by Crippen LogP contribution is 2.40. The number of rotatable bonds is 7. The van der Waals surface area contributed by atoms with E-state index in [1.807, 2.05) is 36.0 Å². The zero-order valence-electron chi connectivity index (χ0n) is 17.6. The van der Waals surface area contributed by atoms with E-state index in [0.29, 0.717) is 16.7 Å². The van der Waals surface area contributed by atoms with E-state index >= 15 is 0 Å². The van der Waals surface area contributed by atoms with Gasteiger partial charge >= 0.3 is 0 Å². The van der Waals surface area contributed by atoms with Crippen LogP contribution in [0.2, 0.25) is 0 Å². The number of benzene rings is 3. The highest BCUT2D eigenvalue weighted by atomic mass is 32.2. The Bertz CT molecular complexity index is 975. The van der Waals surface area contributed by atoms with Crippen molar-refractivity contribution in [2.45, 2.75) is 44.3 Å². The summed E-state index contributed by atoms with van der Waals surface area (Å²) in [6.45, 7) is 8.79. The van der Waals surface area contributed by atoms with Gasteiger partial charge in [-0.25, -0.2) is 0 Å². The molecule has 1 amide bonds. The molecule has 3 aromatic carbocycles. The van der Waals surface area contributed by atoms with E-state index in [1.54, 1.807) is 0 Å². The summed E-state index contributed by atoms with van der Waals surface area (Å²) < 4.78 is 0. The molecular formula is C26H29NOS. The van der Waals surface area contributed by atoms with Crippen molar-refractivity contribution in [3.05, 3.63) is 89.0 Å². The quantitative estimate of drug-likeness (QED) is 0.434. The molecular weight excluding hydrogens is 374 g/mol. The maximum Gasteiger partial charge on any atom is 0.248 e. The third kappa shape index (κ3) is 5.51. The van der Waals surface area contributed by atoms with Crippen LogP contribution < -0.4 is 5.73 Å². The lowest BCUT2D eigenvalue weighted by Gasteiger charge is -2.20. The van der Waals surface area contributed by atoms with Crippen LogP contribution in [0.15, 0.2) is 71.6 Å². The maximum atomic E-state index is 11.4. The van der Waals surface area contributed by atoms with Crippen molar-refractivity contribution in [2.24, 2.45) is 11.7 Å². The van der Waals surface area contributed by atoms with Crippen molar-refractivity contribution in [2.75, 3.05) is 0 Å². The largest absolute Gasteiger partial charge is 0.366 e. The van der Waals surface area contributed by atoms with Crippen molar-refractivity contribution < 1.29 is 4.79 Å². The van der Waals surface area contributed by atoms with Crippen LogP contribution >= 0.6 is 11.8 Å². The summed E-state index contributed by atoms with van der Waals surface area (Å²) in [4.78, 5) is 12.6. The van der Waals surface area contributed by atoms with Gasteiger partial charge in [0.05, 0.1) is 0 Å². The Labute approximate surface area is 178 Å². The Morgan fingerprint density at radius 2 is 1.48 bits per heavy atom. The Morgan fingerprint density at radius 3 is 2.03 bits per heavy atom. The summed E-state index contributed by atoms with van der Waals surface area (Å²) in [6.07, 6.45) is 1.07. The van der Waals surface area contributed by atoms with Crippen LogP contribution in [0.25, 0.3) is 11.1 Å². The monoisotopic (exact) mass is 403 g/mol. The minimum absolute atomic E-state index is 0.337. The van der Waals surface area contributed by atoms with Crippen molar-refractivity contribution in [3.8, 4) is 11.1 Å². The van der Waals surface area contributed by atoms with Gasteiger partial charge in [0.25, 0.3) is 0 Å². The zero-order valence-corrected chi connectivity index (χ0v) is 18.4. The van der Waals surface area contributed by atoms with Gasteiger partial charge in [-0.1, -0.05) is 56.3 Å². The van der Waals surface area contributed by atoms with Gasteiger partial charge < -0.3 is 5.73 Å². The molecule has 0 radical (unpaired) electrons. The second kappa shape index (κ2) is 9.32. The molecule has 0 heterocycles. The normalized spacial score (nSPS) is 12.2. The van der Waals surface area contributed by atoms with E-state index < -0.39 is 0 Å². The minimum atomic E-state index is -0.383. The number of hydrogen-bond acceptors (Lipinski definition) is 2. The first-order chi connectivity index (χ1) is 13.8. The Morgan fingerprint density at radius 1 is 0.862 bits per heavy atom. The van der Waals surface area contributed by atoms with Gasteiger partial charge in [0.2, 0.25) is 5.91 Å². The van der Waals surface area contributed by atoms with Crippen LogP contribution in [0.1, 0.15) is 52.6 Å². The molecule has 3 rings (SSSR count). The van der Waals surface area contributed by atoms with Gasteiger partial charge in [-0.15, -0.1) is 11.8 Å². The van der Waals surface area contributed by atoms with E-state index in [1.165, 1.54) is 32.7 Å². The number of hydrogen-bond donors (Lipinski definition) is 1. The van der Waals surface area contributed by atoms with Crippen molar-refractivity contribution >= 4 is 17.7 Å². The highest BCUT2D eigenvalue weighted by Gasteiger charge is 2.16. The lowest BCUT2D eigenvalue weighted by atomic mass is 10.0. The van der Waals surface area contributed by atoms with E-state index in [-0.39, 0.29) is 5.91 Å². The molecule has 1 unspecified atom stereocenters. The molecule has 2 N–H and O–H groups in total. The molecule has 150 valence electrons. The van der Waals surface area contributed by atoms with Crippen molar-refractivity contribution in [1.29, 1.82) is 0 Å². The van der Waals surface area contributed by atoms with Crippen LogP contribution in [0.4, 0.5) is 0 Å². The predicted octanol–water partition coefficient (Wildman–Crippen LogP) is 6.95. The van der Waals surface area contributed by atoms with Crippen molar-refractivity contribution in [3.63, 3.8) is 0 Å². The Hall–Kier alpha value is -2.52. The van der Waals surface area contributed by atoms with Gasteiger partial charge in [-0.3, -0.25) is 4.79 Å². The number of aryl methyl sites for hydroxylation is 2. The third-order valence-corrected chi connectivity index (χ3v) is 6.52. The van der Waals surface area contributed by atoms with Gasteiger partial charge in [0, 0.05) is 15.7 Å². The van der Waals surface area contributed by atoms with Crippen molar-refractivity contribution in [1.82, 2.24) is 0 Å². The summed E-state index contributed by atoms with van der Waals surface area (Å²) >= 11 is 1.88. The second-order valence-electron chi connectivity index (χ2n) is 8.05. The summed E-state index contributed by atoms with van der Waals surface area (Å²) in [5.74, 6) is 0.199. The summed E-state index contributed by atoms with van der Waals surface area (Å²) in [5, 5.41) is 0.337. The number of nitrogens with two attached hydrogens (primary N) is 1. The molecule has 0 bridgehead atoms. The average Bonchev–Trinajstić information content (AvgIpc) is 2.70. The fourth-order valence-electron chi connectivity index (χ4n) is 3.35. The molecule has 0 saturated heterocycles. The van der Waals surface area contributed by atoms with E-state index in [2.05, 4.69) is 70.2 Å². The molecule has 0 aliphatic rings. The lowest BCUT2D eigenvalue weighted by molar-refractivity contribution is 0.100. The molecule has 0 aliphatic carbocycles. The number of carbonyl (C=O) groups excluding carboxylic acids is 1. The fraction of sp³-hybridized carbons (Fsp3) is 0.269. The molecule has 0 aliphatic heterocycles. The predicted molar refractivity (Wildman–Crippen MR) is 124 cm³/mol. The summed E-state index contributed by atoms with van der Waals surface area (Å²) in [5.41, 5.74) is 12.3. The van der Waals surface area contributed by atoms with E-state index in [0.717, 1.165) is 6.42 Å². The maximum absolute atomic E-state index is 11.4. The third-order valence-electron chi connectivity index (χ3n) is 5.23. The lowest BCUT2D eigenvalue weighted by Crippen LogP contribution is -2.10. The van der Waals surface area contributed by atoms with Crippen LogP contribution in [0.5, 0.6) is 0 Å². The molecule has 29 heavy (non-hydrogen) atoms. The SMILES string of the molecule is Cc1ccc(-c2ccc(SC(CC(C)C)c3ccc(C(N)=O)cc3)cc2)cc1C. The smallest absolute Gasteiger partial charge is 0.248 e. The topological polar surface area (TPSA) is 43.1 Å².